The number of amides is 1. The molecular formula is C57H109NO8. The molecule has 0 bridgehead atoms. The van der Waals surface area contributed by atoms with Crippen molar-refractivity contribution < 1.29 is 39.8 Å². The number of aliphatic hydroxyl groups excluding tert-OH is 5. The van der Waals surface area contributed by atoms with Crippen LogP contribution in [0.15, 0.2) is 24.3 Å². The van der Waals surface area contributed by atoms with Crippen molar-refractivity contribution in [2.24, 2.45) is 0 Å². The number of hydrogen-bond donors (Lipinski definition) is 6. The van der Waals surface area contributed by atoms with Crippen LogP contribution in [-0.2, 0) is 14.3 Å². The van der Waals surface area contributed by atoms with Crippen LogP contribution < -0.4 is 5.32 Å². The van der Waals surface area contributed by atoms with E-state index in [1.807, 2.05) is 0 Å². The van der Waals surface area contributed by atoms with Gasteiger partial charge in [0.2, 0.25) is 5.91 Å². The number of carbonyl (C=O) groups excluding carboxylic acids is 1. The summed E-state index contributed by atoms with van der Waals surface area (Å²) in [5.74, 6) is -0.145. The van der Waals surface area contributed by atoms with Crippen LogP contribution in [0.5, 0.6) is 0 Å². The van der Waals surface area contributed by atoms with Gasteiger partial charge in [-0.2, -0.15) is 0 Å². The predicted molar refractivity (Wildman–Crippen MR) is 277 cm³/mol. The van der Waals surface area contributed by atoms with E-state index in [0.29, 0.717) is 12.8 Å². The molecule has 9 nitrogen and oxygen atoms in total. The molecule has 0 aromatic rings. The maximum absolute atomic E-state index is 13.1. The minimum Gasteiger partial charge on any atom is -0.394 e. The molecular weight excluding hydrogens is 827 g/mol. The molecule has 1 aliphatic rings. The summed E-state index contributed by atoms with van der Waals surface area (Å²) in [4.78, 5) is 13.1. The number of allylic oxidation sites excluding steroid dienone is 4. The Kier molecular flexibility index (Phi) is 45.0. The lowest BCUT2D eigenvalue weighted by Crippen LogP contribution is -2.60. The van der Waals surface area contributed by atoms with Crippen LogP contribution in [0, 0.1) is 0 Å². The average molecular weight is 936 g/mol. The van der Waals surface area contributed by atoms with Gasteiger partial charge in [0.25, 0.3) is 0 Å². The number of ether oxygens (including phenoxy) is 2. The predicted octanol–water partition coefficient (Wildman–Crippen LogP) is 13.8. The number of aliphatic hydroxyl groups is 5. The zero-order valence-corrected chi connectivity index (χ0v) is 43.2. The maximum Gasteiger partial charge on any atom is 0.220 e. The third kappa shape index (κ3) is 36.6. The Bertz CT molecular complexity index is 1090. The van der Waals surface area contributed by atoms with Gasteiger partial charge in [-0.3, -0.25) is 4.79 Å². The molecule has 9 heteroatoms. The normalized spacial score (nSPS) is 19.9. The van der Waals surface area contributed by atoms with E-state index in [2.05, 4.69) is 43.5 Å². The molecule has 1 fully saturated rings. The van der Waals surface area contributed by atoms with Gasteiger partial charge < -0.3 is 40.3 Å². The van der Waals surface area contributed by atoms with Crippen LogP contribution in [0.2, 0.25) is 0 Å². The standard InChI is InChI=1S/C57H109NO8/c1-3-5-7-9-11-13-15-17-19-21-23-25-27-28-30-32-34-36-38-40-42-44-46-51(60)50(49-65-57-56(64)55(63)54(62)52(48-59)66-57)58-53(61)47-45-43-41-39-37-35-33-31-29-26-24-22-20-18-16-14-12-10-8-6-4-2/h16,18,22,24,50-52,54-57,59-60,62-64H,3-15,17,19-21,23,25-49H2,1-2H3,(H,58,61)/b18-16-,24-22-. The van der Waals surface area contributed by atoms with Crippen LogP contribution in [0.25, 0.3) is 0 Å². The largest absolute Gasteiger partial charge is 0.394 e. The van der Waals surface area contributed by atoms with Crippen LogP contribution in [0.4, 0.5) is 0 Å². The van der Waals surface area contributed by atoms with Crippen molar-refractivity contribution in [3.8, 4) is 0 Å². The lowest BCUT2D eigenvalue weighted by Gasteiger charge is -2.40. The van der Waals surface area contributed by atoms with Crippen molar-refractivity contribution in [3.05, 3.63) is 24.3 Å². The highest BCUT2D eigenvalue weighted by atomic mass is 16.7. The molecule has 0 aromatic heterocycles. The average Bonchev–Trinajstić information content (AvgIpc) is 3.32. The molecule has 1 aliphatic heterocycles. The van der Waals surface area contributed by atoms with E-state index in [1.165, 1.54) is 205 Å². The van der Waals surface area contributed by atoms with Crippen molar-refractivity contribution in [2.45, 2.75) is 320 Å². The first-order chi connectivity index (χ1) is 32.3. The van der Waals surface area contributed by atoms with E-state index in [0.717, 1.165) is 44.9 Å². The summed E-state index contributed by atoms with van der Waals surface area (Å²) >= 11 is 0. The molecule has 7 unspecified atom stereocenters. The number of hydrogen-bond acceptors (Lipinski definition) is 8. The van der Waals surface area contributed by atoms with Crippen molar-refractivity contribution in [2.75, 3.05) is 13.2 Å². The summed E-state index contributed by atoms with van der Waals surface area (Å²) in [6, 6.07) is -0.720. The third-order valence-electron chi connectivity index (χ3n) is 13.8. The van der Waals surface area contributed by atoms with Gasteiger partial charge in [0.05, 0.1) is 25.4 Å². The molecule has 0 radical (unpaired) electrons. The Balaban J connectivity index is 2.22. The highest BCUT2D eigenvalue weighted by Crippen LogP contribution is 2.23. The van der Waals surface area contributed by atoms with Crippen molar-refractivity contribution in [1.82, 2.24) is 5.32 Å². The molecule has 7 atom stereocenters. The second-order valence-corrected chi connectivity index (χ2v) is 20.1. The van der Waals surface area contributed by atoms with Gasteiger partial charge in [0.15, 0.2) is 6.29 Å². The van der Waals surface area contributed by atoms with Crippen LogP contribution in [-0.4, -0.2) is 87.5 Å². The molecule has 1 amide bonds. The summed E-state index contributed by atoms with van der Waals surface area (Å²) in [7, 11) is 0. The summed E-state index contributed by atoms with van der Waals surface area (Å²) in [6.07, 6.45) is 51.9. The van der Waals surface area contributed by atoms with Gasteiger partial charge in [-0.05, 0) is 44.9 Å². The van der Waals surface area contributed by atoms with E-state index >= 15 is 0 Å². The second-order valence-electron chi connectivity index (χ2n) is 20.1. The smallest absolute Gasteiger partial charge is 0.220 e. The molecule has 0 saturated carbocycles. The van der Waals surface area contributed by atoms with Crippen LogP contribution >= 0.6 is 0 Å². The zero-order valence-electron chi connectivity index (χ0n) is 43.2. The molecule has 0 aromatic carbocycles. The molecule has 0 aliphatic carbocycles. The first-order valence-corrected chi connectivity index (χ1v) is 28.5. The summed E-state index contributed by atoms with van der Waals surface area (Å²) < 4.78 is 11.3. The molecule has 6 N–H and O–H groups in total. The van der Waals surface area contributed by atoms with E-state index in [9.17, 15) is 30.3 Å². The number of rotatable bonds is 49. The molecule has 1 saturated heterocycles. The summed E-state index contributed by atoms with van der Waals surface area (Å²) in [5, 5.41) is 54.7. The van der Waals surface area contributed by atoms with Crippen molar-refractivity contribution in [1.29, 1.82) is 0 Å². The van der Waals surface area contributed by atoms with Crippen molar-refractivity contribution >= 4 is 5.91 Å². The van der Waals surface area contributed by atoms with Gasteiger partial charge in [-0.1, -0.05) is 250 Å². The lowest BCUT2D eigenvalue weighted by atomic mass is 9.99. The fourth-order valence-electron chi connectivity index (χ4n) is 9.25. The Labute approximate surface area is 407 Å². The Morgan fingerprint density at radius 2 is 0.894 bits per heavy atom. The monoisotopic (exact) mass is 936 g/mol. The fraction of sp³-hybridized carbons (Fsp3) is 0.912. The number of nitrogens with one attached hydrogen (secondary N) is 1. The van der Waals surface area contributed by atoms with E-state index < -0.39 is 49.5 Å². The molecule has 1 heterocycles. The zero-order chi connectivity index (χ0) is 48.0. The van der Waals surface area contributed by atoms with E-state index in [-0.39, 0.29) is 12.5 Å². The Hall–Kier alpha value is -1.33. The fourth-order valence-corrected chi connectivity index (χ4v) is 9.25. The molecule has 66 heavy (non-hydrogen) atoms. The van der Waals surface area contributed by atoms with Crippen molar-refractivity contribution in [3.63, 3.8) is 0 Å². The Morgan fingerprint density at radius 1 is 0.515 bits per heavy atom. The minimum atomic E-state index is -1.55. The van der Waals surface area contributed by atoms with Crippen LogP contribution in [0.3, 0.4) is 0 Å². The number of unbranched alkanes of at least 4 members (excludes halogenated alkanes) is 35. The highest BCUT2D eigenvalue weighted by molar-refractivity contribution is 5.76. The Morgan fingerprint density at radius 3 is 1.30 bits per heavy atom. The topological polar surface area (TPSA) is 149 Å². The first-order valence-electron chi connectivity index (χ1n) is 28.5. The minimum absolute atomic E-state index is 0.137. The first kappa shape index (κ1) is 62.7. The SMILES string of the molecule is CCCCCCC/C=C\C/C=C\CCCCCCCCCCCC(=O)NC(COC1OC(CO)C(O)C(O)C1O)C(O)CCCCCCCCCCCCCCCCCCCCCCCC. The summed E-state index contributed by atoms with van der Waals surface area (Å²) in [5.41, 5.74) is 0. The molecule has 390 valence electrons. The second kappa shape index (κ2) is 47.4. The van der Waals surface area contributed by atoms with Gasteiger partial charge in [0, 0.05) is 6.42 Å². The summed E-state index contributed by atoms with van der Waals surface area (Å²) in [6.45, 7) is 3.86. The van der Waals surface area contributed by atoms with Gasteiger partial charge >= 0.3 is 0 Å². The van der Waals surface area contributed by atoms with Gasteiger partial charge in [-0.25, -0.2) is 0 Å². The van der Waals surface area contributed by atoms with Gasteiger partial charge in [-0.15, -0.1) is 0 Å². The van der Waals surface area contributed by atoms with Crippen LogP contribution in [0.1, 0.15) is 277 Å². The molecule has 0 spiro atoms. The maximum atomic E-state index is 13.1. The quantitative estimate of drug-likeness (QED) is 0.0261. The lowest BCUT2D eigenvalue weighted by molar-refractivity contribution is -0.302. The third-order valence-corrected chi connectivity index (χ3v) is 13.8. The number of carbonyl (C=O) groups is 1. The van der Waals surface area contributed by atoms with Gasteiger partial charge in [0.1, 0.15) is 24.4 Å². The highest BCUT2D eigenvalue weighted by Gasteiger charge is 2.44. The van der Waals surface area contributed by atoms with E-state index in [1.54, 1.807) is 0 Å². The molecule has 1 rings (SSSR count). The van der Waals surface area contributed by atoms with E-state index in [4.69, 9.17) is 9.47 Å².